The normalized spacial score (nSPS) is 24.3. The van der Waals surface area contributed by atoms with E-state index in [1.54, 1.807) is 12.4 Å². The lowest BCUT2D eigenvalue weighted by Crippen LogP contribution is -2.42. The van der Waals surface area contributed by atoms with Crippen LogP contribution in [0.25, 0.3) is 0 Å². The smallest absolute Gasteiger partial charge is 0.237 e. The van der Waals surface area contributed by atoms with Crippen LogP contribution < -0.4 is 10.6 Å². The Kier molecular flexibility index (Phi) is 3.51. The van der Waals surface area contributed by atoms with E-state index in [0.29, 0.717) is 12.5 Å². The van der Waals surface area contributed by atoms with Gasteiger partial charge in [-0.05, 0) is 36.6 Å². The van der Waals surface area contributed by atoms with Gasteiger partial charge in [0.15, 0.2) is 0 Å². The van der Waals surface area contributed by atoms with Crippen molar-refractivity contribution in [1.82, 2.24) is 15.6 Å². The van der Waals surface area contributed by atoms with Crippen LogP contribution in [-0.2, 0) is 11.3 Å². The summed E-state index contributed by atoms with van der Waals surface area (Å²) in [6.07, 6.45) is 4.54. The van der Waals surface area contributed by atoms with E-state index in [0.717, 1.165) is 18.5 Å². The first-order valence-corrected chi connectivity index (χ1v) is 5.67. The number of hydrogen-bond acceptors (Lipinski definition) is 3. The predicted molar refractivity (Wildman–Crippen MR) is 61.7 cm³/mol. The lowest BCUT2D eigenvalue weighted by molar-refractivity contribution is -0.123. The lowest BCUT2D eigenvalue weighted by Gasteiger charge is -2.15. The van der Waals surface area contributed by atoms with Crippen LogP contribution in [0, 0.1) is 5.92 Å². The minimum Gasteiger partial charge on any atom is -0.351 e. The zero-order chi connectivity index (χ0) is 11.4. The number of carbonyl (C=O) groups is 1. The molecule has 1 saturated heterocycles. The topological polar surface area (TPSA) is 54.0 Å². The fraction of sp³-hybridized carbons (Fsp3) is 0.500. The Labute approximate surface area is 95.5 Å². The van der Waals surface area contributed by atoms with Crippen molar-refractivity contribution in [3.05, 3.63) is 30.1 Å². The van der Waals surface area contributed by atoms with Crippen molar-refractivity contribution in [2.45, 2.75) is 25.9 Å². The number of aromatic nitrogens is 1. The molecule has 2 rings (SSSR count). The van der Waals surface area contributed by atoms with E-state index in [4.69, 9.17) is 0 Å². The summed E-state index contributed by atoms with van der Waals surface area (Å²) in [6, 6.07) is 3.79. The molecule has 2 N–H and O–H groups in total. The Morgan fingerprint density at radius 3 is 2.94 bits per heavy atom. The van der Waals surface area contributed by atoms with Gasteiger partial charge < -0.3 is 10.6 Å². The van der Waals surface area contributed by atoms with Crippen LogP contribution in [0.4, 0.5) is 0 Å². The Hall–Kier alpha value is -1.42. The molecule has 86 valence electrons. The molecule has 0 spiro atoms. The van der Waals surface area contributed by atoms with Gasteiger partial charge in [-0.25, -0.2) is 0 Å². The van der Waals surface area contributed by atoms with Crippen molar-refractivity contribution in [3.63, 3.8) is 0 Å². The summed E-state index contributed by atoms with van der Waals surface area (Å²) in [5.74, 6) is 0.527. The summed E-state index contributed by atoms with van der Waals surface area (Å²) in [6.45, 7) is 3.62. The molecule has 16 heavy (non-hydrogen) atoms. The summed E-state index contributed by atoms with van der Waals surface area (Å²) in [7, 11) is 0. The number of rotatable bonds is 3. The van der Waals surface area contributed by atoms with Crippen molar-refractivity contribution in [2.75, 3.05) is 6.54 Å². The summed E-state index contributed by atoms with van der Waals surface area (Å²) >= 11 is 0. The highest BCUT2D eigenvalue weighted by Gasteiger charge is 2.28. The highest BCUT2D eigenvalue weighted by molar-refractivity contribution is 5.82. The highest BCUT2D eigenvalue weighted by atomic mass is 16.2. The van der Waals surface area contributed by atoms with Crippen molar-refractivity contribution >= 4 is 5.91 Å². The number of hydrogen-bond donors (Lipinski definition) is 2. The summed E-state index contributed by atoms with van der Waals surface area (Å²) < 4.78 is 0. The number of carbonyl (C=O) groups excluding carboxylic acids is 1. The maximum atomic E-state index is 11.8. The molecule has 1 aromatic rings. The standard InChI is InChI=1S/C12H17N3O/c1-9-2-7-14-11(9)12(16)15-8-10-3-5-13-6-4-10/h3-6,9,11,14H,2,7-8H2,1H3,(H,15,16). The van der Waals surface area contributed by atoms with Gasteiger partial charge in [0.25, 0.3) is 0 Å². The van der Waals surface area contributed by atoms with Crippen molar-refractivity contribution in [2.24, 2.45) is 5.92 Å². The third kappa shape index (κ3) is 2.58. The molecule has 2 heterocycles. The molecular weight excluding hydrogens is 202 g/mol. The van der Waals surface area contributed by atoms with Crippen LogP contribution in [0.15, 0.2) is 24.5 Å². The van der Waals surface area contributed by atoms with Crippen LogP contribution in [-0.4, -0.2) is 23.5 Å². The fourth-order valence-corrected chi connectivity index (χ4v) is 1.99. The molecule has 0 radical (unpaired) electrons. The van der Waals surface area contributed by atoms with Gasteiger partial charge in [-0.2, -0.15) is 0 Å². The van der Waals surface area contributed by atoms with Crippen LogP contribution in [0.3, 0.4) is 0 Å². The quantitative estimate of drug-likeness (QED) is 0.786. The molecule has 2 unspecified atom stereocenters. The van der Waals surface area contributed by atoms with Gasteiger partial charge in [0.2, 0.25) is 5.91 Å². The third-order valence-corrected chi connectivity index (χ3v) is 3.03. The average Bonchev–Trinajstić information content (AvgIpc) is 2.74. The van der Waals surface area contributed by atoms with Gasteiger partial charge >= 0.3 is 0 Å². The summed E-state index contributed by atoms with van der Waals surface area (Å²) in [4.78, 5) is 15.8. The second kappa shape index (κ2) is 5.07. The summed E-state index contributed by atoms with van der Waals surface area (Å²) in [5.41, 5.74) is 1.08. The lowest BCUT2D eigenvalue weighted by atomic mass is 10.0. The number of nitrogens with zero attached hydrogens (tertiary/aromatic N) is 1. The molecule has 1 amide bonds. The van der Waals surface area contributed by atoms with Crippen molar-refractivity contribution < 1.29 is 4.79 Å². The second-order valence-corrected chi connectivity index (χ2v) is 4.27. The van der Waals surface area contributed by atoms with E-state index >= 15 is 0 Å². The first-order valence-electron chi connectivity index (χ1n) is 5.67. The van der Waals surface area contributed by atoms with E-state index in [1.165, 1.54) is 0 Å². The van der Waals surface area contributed by atoms with E-state index in [-0.39, 0.29) is 11.9 Å². The van der Waals surface area contributed by atoms with Crippen molar-refractivity contribution in [1.29, 1.82) is 0 Å². The zero-order valence-corrected chi connectivity index (χ0v) is 9.44. The van der Waals surface area contributed by atoms with Gasteiger partial charge in [-0.15, -0.1) is 0 Å². The molecular formula is C12H17N3O. The van der Waals surface area contributed by atoms with Gasteiger partial charge in [0, 0.05) is 18.9 Å². The van der Waals surface area contributed by atoms with E-state index < -0.39 is 0 Å². The molecule has 1 aliphatic rings. The molecule has 0 aliphatic carbocycles. The van der Waals surface area contributed by atoms with Crippen LogP contribution >= 0.6 is 0 Å². The molecule has 4 nitrogen and oxygen atoms in total. The molecule has 0 bridgehead atoms. The molecule has 0 aromatic carbocycles. The third-order valence-electron chi connectivity index (χ3n) is 3.03. The van der Waals surface area contributed by atoms with Gasteiger partial charge in [0.05, 0.1) is 6.04 Å². The first kappa shape index (κ1) is 11.1. The number of amides is 1. The van der Waals surface area contributed by atoms with Crippen LogP contribution in [0.5, 0.6) is 0 Å². The van der Waals surface area contributed by atoms with Gasteiger partial charge in [-0.3, -0.25) is 9.78 Å². The molecule has 1 fully saturated rings. The minimum atomic E-state index is -0.0261. The number of nitrogens with one attached hydrogen (secondary N) is 2. The Balaban J connectivity index is 1.84. The monoisotopic (exact) mass is 219 g/mol. The van der Waals surface area contributed by atoms with Crippen LogP contribution in [0.2, 0.25) is 0 Å². The Morgan fingerprint density at radius 1 is 1.56 bits per heavy atom. The van der Waals surface area contributed by atoms with Gasteiger partial charge in [0.1, 0.15) is 0 Å². The molecule has 1 aliphatic heterocycles. The number of pyridine rings is 1. The van der Waals surface area contributed by atoms with E-state index in [9.17, 15) is 4.79 Å². The van der Waals surface area contributed by atoms with E-state index in [2.05, 4.69) is 22.5 Å². The summed E-state index contributed by atoms with van der Waals surface area (Å²) in [5, 5.41) is 6.16. The SMILES string of the molecule is CC1CCNC1C(=O)NCc1ccncc1. The minimum absolute atomic E-state index is 0.0261. The van der Waals surface area contributed by atoms with E-state index in [1.807, 2.05) is 12.1 Å². The molecule has 0 saturated carbocycles. The second-order valence-electron chi connectivity index (χ2n) is 4.27. The van der Waals surface area contributed by atoms with Crippen LogP contribution in [0.1, 0.15) is 18.9 Å². The maximum Gasteiger partial charge on any atom is 0.237 e. The molecule has 1 aromatic heterocycles. The Bertz CT molecular complexity index is 353. The maximum absolute atomic E-state index is 11.8. The molecule has 2 atom stereocenters. The zero-order valence-electron chi connectivity index (χ0n) is 9.44. The first-order chi connectivity index (χ1) is 7.77. The van der Waals surface area contributed by atoms with Gasteiger partial charge in [-0.1, -0.05) is 6.92 Å². The largest absolute Gasteiger partial charge is 0.351 e. The predicted octanol–water partition coefficient (Wildman–Crippen LogP) is 0.696. The fourth-order valence-electron chi connectivity index (χ4n) is 1.99. The molecule has 4 heteroatoms. The average molecular weight is 219 g/mol. The highest BCUT2D eigenvalue weighted by Crippen LogP contribution is 2.14. The van der Waals surface area contributed by atoms with Crippen molar-refractivity contribution in [3.8, 4) is 0 Å². The Morgan fingerprint density at radius 2 is 2.31 bits per heavy atom.